The fourth-order valence-electron chi connectivity index (χ4n) is 4.77. The minimum Gasteiger partial charge on any atom is -0.273 e. The van der Waals surface area contributed by atoms with Gasteiger partial charge in [0.1, 0.15) is 6.33 Å². The van der Waals surface area contributed by atoms with E-state index in [0.29, 0.717) is 34.6 Å². The minimum atomic E-state index is -0.235. The molecule has 0 radical (unpaired) electrons. The average molecular weight is 325 g/mol. The molecular formula is C19H23N3O2. The van der Waals surface area contributed by atoms with Gasteiger partial charge in [-0.15, -0.1) is 0 Å². The summed E-state index contributed by atoms with van der Waals surface area (Å²) >= 11 is 0. The molecular weight excluding hydrogens is 302 g/mol. The van der Waals surface area contributed by atoms with Crippen molar-refractivity contribution in [2.75, 3.05) is 5.43 Å². The van der Waals surface area contributed by atoms with Crippen LogP contribution in [0.1, 0.15) is 39.5 Å². The first-order valence-corrected chi connectivity index (χ1v) is 8.73. The Morgan fingerprint density at radius 3 is 2.88 bits per heavy atom. The highest BCUT2D eigenvalue weighted by Crippen LogP contribution is 2.61. The van der Waals surface area contributed by atoms with Crippen LogP contribution in [0.25, 0.3) is 10.9 Å². The SMILES string of the molecule is CC1(C)[C@H]2CC[C@@H](CC(=O)Nn3cnc4ccccc4c3=O)[C@@H]1C2. The smallest absolute Gasteiger partial charge is 0.273 e. The van der Waals surface area contributed by atoms with E-state index in [4.69, 9.17) is 0 Å². The Bertz CT molecular complexity index is 853. The van der Waals surface area contributed by atoms with Crippen molar-refractivity contribution in [3.63, 3.8) is 0 Å². The Hall–Kier alpha value is -2.17. The number of hydrogen-bond donors (Lipinski definition) is 1. The zero-order valence-electron chi connectivity index (χ0n) is 14.2. The predicted molar refractivity (Wildman–Crippen MR) is 93.1 cm³/mol. The van der Waals surface area contributed by atoms with Gasteiger partial charge in [0.05, 0.1) is 10.9 Å². The van der Waals surface area contributed by atoms with Gasteiger partial charge in [0, 0.05) is 6.42 Å². The summed E-state index contributed by atoms with van der Waals surface area (Å²) in [5.41, 5.74) is 3.49. The van der Waals surface area contributed by atoms with Gasteiger partial charge in [-0.2, -0.15) is 0 Å². The van der Waals surface area contributed by atoms with Gasteiger partial charge in [-0.05, 0) is 54.6 Å². The second-order valence-corrected chi connectivity index (χ2v) is 7.87. The summed E-state index contributed by atoms with van der Waals surface area (Å²) in [6.45, 7) is 4.65. The number of benzene rings is 1. The standard InChI is InChI=1S/C19H23N3O2/c1-19(2)13-8-7-12(15(19)10-13)9-17(23)21-22-11-20-16-6-4-3-5-14(16)18(22)24/h3-6,11-13,15H,7-10H2,1-2H3,(H,21,23)/t12-,13-,15-/m0/s1. The van der Waals surface area contributed by atoms with Crippen molar-refractivity contribution in [2.24, 2.45) is 23.2 Å². The molecule has 0 aliphatic heterocycles. The number of fused-ring (bicyclic) bond motifs is 3. The van der Waals surface area contributed by atoms with Crippen LogP contribution in [0, 0.1) is 23.2 Å². The maximum atomic E-state index is 12.4. The topological polar surface area (TPSA) is 64.0 Å². The van der Waals surface area contributed by atoms with Gasteiger partial charge in [0.25, 0.3) is 5.56 Å². The number of rotatable bonds is 3. The van der Waals surface area contributed by atoms with Crippen molar-refractivity contribution in [2.45, 2.75) is 39.5 Å². The predicted octanol–water partition coefficient (Wildman–Crippen LogP) is 2.93. The molecule has 5 rings (SSSR count). The van der Waals surface area contributed by atoms with Gasteiger partial charge in [-0.25, -0.2) is 9.66 Å². The molecule has 2 bridgehead atoms. The maximum Gasteiger partial charge on any atom is 0.280 e. The highest BCUT2D eigenvalue weighted by atomic mass is 16.2. The number of hydrogen-bond acceptors (Lipinski definition) is 3. The van der Waals surface area contributed by atoms with Gasteiger partial charge in [0.15, 0.2) is 0 Å². The third kappa shape index (κ3) is 2.34. The molecule has 3 fully saturated rings. The summed E-state index contributed by atoms with van der Waals surface area (Å²) < 4.78 is 1.21. The van der Waals surface area contributed by atoms with E-state index in [9.17, 15) is 9.59 Å². The molecule has 3 aliphatic carbocycles. The summed E-state index contributed by atoms with van der Waals surface area (Å²) in [6.07, 6.45) is 5.48. The molecule has 3 atom stereocenters. The van der Waals surface area contributed by atoms with E-state index < -0.39 is 0 Å². The minimum absolute atomic E-state index is 0.0969. The zero-order chi connectivity index (χ0) is 16.9. The highest BCUT2D eigenvalue weighted by molar-refractivity contribution is 5.84. The third-order valence-corrected chi connectivity index (χ3v) is 6.36. The Morgan fingerprint density at radius 1 is 1.33 bits per heavy atom. The first-order chi connectivity index (χ1) is 11.5. The Labute approximate surface area is 141 Å². The quantitative estimate of drug-likeness (QED) is 0.943. The van der Waals surface area contributed by atoms with E-state index in [2.05, 4.69) is 24.3 Å². The van der Waals surface area contributed by atoms with Crippen LogP contribution >= 0.6 is 0 Å². The number of carbonyl (C=O) groups excluding carboxylic acids is 1. The van der Waals surface area contributed by atoms with E-state index in [1.807, 2.05) is 6.07 Å². The monoisotopic (exact) mass is 325 g/mol. The molecule has 1 amide bonds. The summed E-state index contributed by atoms with van der Waals surface area (Å²) in [4.78, 5) is 29.1. The third-order valence-electron chi connectivity index (χ3n) is 6.36. The number of aromatic nitrogens is 2. The second-order valence-electron chi connectivity index (χ2n) is 7.87. The van der Waals surface area contributed by atoms with Crippen molar-refractivity contribution in [3.8, 4) is 0 Å². The van der Waals surface area contributed by atoms with Crippen molar-refractivity contribution in [1.82, 2.24) is 9.66 Å². The van der Waals surface area contributed by atoms with Gasteiger partial charge < -0.3 is 0 Å². The summed E-state index contributed by atoms with van der Waals surface area (Å²) in [7, 11) is 0. The van der Waals surface area contributed by atoms with Crippen molar-refractivity contribution in [1.29, 1.82) is 0 Å². The van der Waals surface area contributed by atoms with Gasteiger partial charge in [-0.3, -0.25) is 15.0 Å². The van der Waals surface area contributed by atoms with E-state index in [1.54, 1.807) is 18.2 Å². The van der Waals surface area contributed by atoms with Crippen LogP contribution in [-0.2, 0) is 4.79 Å². The van der Waals surface area contributed by atoms with Gasteiger partial charge in [0.2, 0.25) is 5.91 Å². The number of amides is 1. The molecule has 1 heterocycles. The maximum absolute atomic E-state index is 12.4. The first-order valence-electron chi connectivity index (χ1n) is 8.73. The summed E-state index contributed by atoms with van der Waals surface area (Å²) in [5, 5.41) is 0.515. The van der Waals surface area contributed by atoms with E-state index in [-0.39, 0.29) is 11.5 Å². The molecule has 1 aromatic carbocycles. The van der Waals surface area contributed by atoms with Crippen molar-refractivity contribution < 1.29 is 4.79 Å². The molecule has 126 valence electrons. The number of para-hydroxylation sites is 1. The summed E-state index contributed by atoms with van der Waals surface area (Å²) in [6, 6.07) is 7.16. The van der Waals surface area contributed by atoms with Crippen LogP contribution < -0.4 is 11.0 Å². The highest BCUT2D eigenvalue weighted by Gasteiger charge is 2.54. The molecule has 1 N–H and O–H groups in total. The van der Waals surface area contributed by atoms with Gasteiger partial charge >= 0.3 is 0 Å². The normalized spacial score (nSPS) is 27.5. The number of nitrogens with one attached hydrogen (secondary N) is 1. The zero-order valence-corrected chi connectivity index (χ0v) is 14.2. The lowest BCUT2D eigenvalue weighted by Crippen LogP contribution is -2.53. The van der Waals surface area contributed by atoms with E-state index in [1.165, 1.54) is 23.8 Å². The van der Waals surface area contributed by atoms with Crippen LogP contribution in [0.4, 0.5) is 0 Å². The number of nitrogens with zero attached hydrogens (tertiary/aromatic N) is 2. The first kappa shape index (κ1) is 15.4. The van der Waals surface area contributed by atoms with Crippen LogP contribution in [0.5, 0.6) is 0 Å². The molecule has 5 heteroatoms. The largest absolute Gasteiger partial charge is 0.280 e. The van der Waals surface area contributed by atoms with Crippen LogP contribution in [0.2, 0.25) is 0 Å². The lowest BCUT2D eigenvalue weighted by molar-refractivity contribution is -0.129. The molecule has 0 saturated heterocycles. The Balaban J connectivity index is 1.49. The van der Waals surface area contributed by atoms with Crippen LogP contribution in [0.15, 0.2) is 35.4 Å². The molecule has 3 aliphatic rings. The Kier molecular flexibility index (Phi) is 3.48. The lowest BCUT2D eigenvalue weighted by Gasteiger charge is -2.60. The van der Waals surface area contributed by atoms with Crippen LogP contribution in [-0.4, -0.2) is 15.6 Å². The fraction of sp³-hybridized carbons (Fsp3) is 0.526. The fourth-order valence-corrected chi connectivity index (χ4v) is 4.77. The molecule has 0 spiro atoms. The van der Waals surface area contributed by atoms with Crippen molar-refractivity contribution >= 4 is 16.8 Å². The lowest BCUT2D eigenvalue weighted by atomic mass is 9.45. The number of carbonyl (C=O) groups is 1. The molecule has 3 saturated carbocycles. The second kappa shape index (κ2) is 5.43. The van der Waals surface area contributed by atoms with E-state index in [0.717, 1.165) is 12.3 Å². The average Bonchev–Trinajstić information content (AvgIpc) is 2.57. The Morgan fingerprint density at radius 2 is 2.12 bits per heavy atom. The molecule has 24 heavy (non-hydrogen) atoms. The van der Waals surface area contributed by atoms with E-state index >= 15 is 0 Å². The van der Waals surface area contributed by atoms with Crippen molar-refractivity contribution in [3.05, 3.63) is 40.9 Å². The van der Waals surface area contributed by atoms with Crippen LogP contribution in [0.3, 0.4) is 0 Å². The summed E-state index contributed by atoms with van der Waals surface area (Å²) in [5.74, 6) is 1.79. The molecule has 1 aromatic heterocycles. The molecule has 0 unspecified atom stereocenters. The molecule has 2 aromatic rings. The molecule has 5 nitrogen and oxygen atoms in total. The van der Waals surface area contributed by atoms with Gasteiger partial charge in [-0.1, -0.05) is 26.0 Å².